The summed E-state index contributed by atoms with van der Waals surface area (Å²) in [6, 6.07) is 0. The summed E-state index contributed by atoms with van der Waals surface area (Å²) in [4.78, 5) is 0. The van der Waals surface area contributed by atoms with E-state index in [0.717, 1.165) is 0 Å². The van der Waals surface area contributed by atoms with Gasteiger partial charge in [-0.15, -0.1) is 0 Å². The lowest BCUT2D eigenvalue weighted by Crippen LogP contribution is -1.75. The fourth-order valence-corrected chi connectivity index (χ4v) is 1.15. The van der Waals surface area contributed by atoms with Gasteiger partial charge in [-0.3, -0.25) is 0 Å². The number of allylic oxidation sites excluding steroid dienone is 2. The number of unbranched alkanes of at least 4 members (excludes halogenated alkanes) is 5. The molecular formula is C11H22. The largest absolute Gasteiger partial charge is 0.0888 e. The molecule has 0 aromatic rings. The average molecular weight is 154 g/mol. The van der Waals surface area contributed by atoms with Gasteiger partial charge in [-0.05, 0) is 19.3 Å². The van der Waals surface area contributed by atoms with Crippen LogP contribution in [0, 0.1) is 0 Å². The molecule has 66 valence electrons. The van der Waals surface area contributed by atoms with Crippen LogP contribution in [0.3, 0.4) is 0 Å². The maximum atomic E-state index is 2.31. The summed E-state index contributed by atoms with van der Waals surface area (Å²) < 4.78 is 0. The lowest BCUT2D eigenvalue weighted by molar-refractivity contribution is 0.637. The third kappa shape index (κ3) is 9.74. The Labute approximate surface area is 71.7 Å². The molecule has 0 saturated heterocycles. The Morgan fingerprint density at radius 2 is 1.55 bits per heavy atom. The molecule has 0 spiro atoms. The fraction of sp³-hybridized carbons (Fsp3) is 0.818. The Bertz CT molecular complexity index is 82.0. The van der Waals surface area contributed by atoms with Gasteiger partial charge in [0.1, 0.15) is 0 Å². The standard InChI is InChI=1S/C11H22/c1-3-5-7-9-11-10-8-6-4-2/h5,7H,3-4,6,8-11H2,1-2H3. The van der Waals surface area contributed by atoms with Crippen molar-refractivity contribution in [2.45, 2.75) is 58.8 Å². The van der Waals surface area contributed by atoms with Crippen molar-refractivity contribution >= 4 is 0 Å². The normalized spacial score (nSPS) is 11.1. The monoisotopic (exact) mass is 154 g/mol. The highest BCUT2D eigenvalue weighted by molar-refractivity contribution is 4.79. The van der Waals surface area contributed by atoms with E-state index in [2.05, 4.69) is 26.0 Å². The van der Waals surface area contributed by atoms with Crippen LogP contribution in [0.25, 0.3) is 0 Å². The summed E-state index contributed by atoms with van der Waals surface area (Å²) in [7, 11) is 0. The van der Waals surface area contributed by atoms with E-state index in [1.165, 1.54) is 44.9 Å². The Morgan fingerprint density at radius 3 is 2.18 bits per heavy atom. The van der Waals surface area contributed by atoms with Crippen LogP contribution in [0.4, 0.5) is 0 Å². The summed E-state index contributed by atoms with van der Waals surface area (Å²) in [5.41, 5.74) is 0. The molecule has 0 atom stereocenters. The molecule has 0 bridgehead atoms. The molecule has 0 saturated carbocycles. The maximum Gasteiger partial charge on any atom is -0.0351 e. The van der Waals surface area contributed by atoms with Crippen molar-refractivity contribution in [1.82, 2.24) is 0 Å². The highest BCUT2D eigenvalue weighted by atomic mass is 13.9. The zero-order chi connectivity index (χ0) is 8.36. The maximum absolute atomic E-state index is 2.31. The minimum absolute atomic E-state index is 1.19. The van der Waals surface area contributed by atoms with Gasteiger partial charge >= 0.3 is 0 Å². The predicted octanol–water partition coefficient (Wildman–Crippen LogP) is 4.31. The van der Waals surface area contributed by atoms with E-state index in [1.54, 1.807) is 0 Å². The minimum atomic E-state index is 1.19. The number of hydrogen-bond donors (Lipinski definition) is 0. The van der Waals surface area contributed by atoms with E-state index in [9.17, 15) is 0 Å². The van der Waals surface area contributed by atoms with E-state index in [4.69, 9.17) is 0 Å². The molecule has 0 aromatic heterocycles. The third-order valence-corrected chi connectivity index (χ3v) is 1.88. The predicted molar refractivity (Wildman–Crippen MR) is 52.8 cm³/mol. The Morgan fingerprint density at radius 1 is 0.818 bits per heavy atom. The molecule has 0 amide bonds. The number of rotatable bonds is 7. The first-order chi connectivity index (χ1) is 5.41. The van der Waals surface area contributed by atoms with E-state index in [-0.39, 0.29) is 0 Å². The van der Waals surface area contributed by atoms with Crippen LogP contribution >= 0.6 is 0 Å². The molecule has 0 aliphatic carbocycles. The fourth-order valence-electron chi connectivity index (χ4n) is 1.15. The second-order valence-electron chi connectivity index (χ2n) is 3.08. The molecule has 0 N–H and O–H groups in total. The van der Waals surface area contributed by atoms with Gasteiger partial charge in [0.15, 0.2) is 0 Å². The van der Waals surface area contributed by atoms with Crippen LogP contribution in [-0.2, 0) is 0 Å². The zero-order valence-electron chi connectivity index (χ0n) is 8.10. The van der Waals surface area contributed by atoms with Crippen molar-refractivity contribution in [3.63, 3.8) is 0 Å². The molecule has 11 heavy (non-hydrogen) atoms. The van der Waals surface area contributed by atoms with E-state index in [0.29, 0.717) is 0 Å². The second-order valence-corrected chi connectivity index (χ2v) is 3.08. The van der Waals surface area contributed by atoms with E-state index in [1.807, 2.05) is 0 Å². The summed E-state index contributed by atoms with van der Waals surface area (Å²) in [6.07, 6.45) is 14.1. The van der Waals surface area contributed by atoms with Crippen molar-refractivity contribution in [2.75, 3.05) is 0 Å². The van der Waals surface area contributed by atoms with Gasteiger partial charge in [0.05, 0.1) is 0 Å². The van der Waals surface area contributed by atoms with E-state index >= 15 is 0 Å². The lowest BCUT2D eigenvalue weighted by atomic mass is 10.1. The van der Waals surface area contributed by atoms with Crippen molar-refractivity contribution in [3.05, 3.63) is 12.2 Å². The molecule has 0 aromatic carbocycles. The van der Waals surface area contributed by atoms with Crippen molar-refractivity contribution in [2.24, 2.45) is 0 Å². The molecule has 0 aliphatic heterocycles. The average Bonchev–Trinajstić information content (AvgIpc) is 2.03. The third-order valence-electron chi connectivity index (χ3n) is 1.88. The highest BCUT2D eigenvalue weighted by Gasteiger charge is 1.85. The van der Waals surface area contributed by atoms with Gasteiger partial charge in [-0.2, -0.15) is 0 Å². The minimum Gasteiger partial charge on any atom is -0.0888 e. The zero-order valence-corrected chi connectivity index (χ0v) is 8.10. The molecular weight excluding hydrogens is 132 g/mol. The Hall–Kier alpha value is -0.260. The molecule has 0 fully saturated rings. The van der Waals surface area contributed by atoms with Crippen LogP contribution in [0.5, 0.6) is 0 Å². The van der Waals surface area contributed by atoms with Crippen LogP contribution in [0.1, 0.15) is 58.8 Å². The Balaban J connectivity index is 2.85. The van der Waals surface area contributed by atoms with Crippen molar-refractivity contribution in [1.29, 1.82) is 0 Å². The molecule has 0 unspecified atom stereocenters. The molecule has 0 radical (unpaired) electrons. The molecule has 0 nitrogen and oxygen atoms in total. The lowest BCUT2D eigenvalue weighted by Gasteiger charge is -1.95. The molecule has 0 aliphatic rings. The topological polar surface area (TPSA) is 0 Å². The smallest absolute Gasteiger partial charge is 0.0351 e. The van der Waals surface area contributed by atoms with Crippen LogP contribution < -0.4 is 0 Å². The number of hydrogen-bond acceptors (Lipinski definition) is 0. The second kappa shape index (κ2) is 9.74. The van der Waals surface area contributed by atoms with Crippen LogP contribution in [0.2, 0.25) is 0 Å². The van der Waals surface area contributed by atoms with E-state index < -0.39 is 0 Å². The van der Waals surface area contributed by atoms with Gasteiger partial charge < -0.3 is 0 Å². The summed E-state index contributed by atoms with van der Waals surface area (Å²) in [6.45, 7) is 4.45. The van der Waals surface area contributed by atoms with Crippen LogP contribution in [0.15, 0.2) is 12.2 Å². The van der Waals surface area contributed by atoms with Gasteiger partial charge in [0.2, 0.25) is 0 Å². The van der Waals surface area contributed by atoms with Crippen LogP contribution in [-0.4, -0.2) is 0 Å². The first-order valence-corrected chi connectivity index (χ1v) is 5.06. The summed E-state index contributed by atoms with van der Waals surface area (Å²) in [5, 5.41) is 0. The van der Waals surface area contributed by atoms with Gasteiger partial charge in [-0.25, -0.2) is 0 Å². The SMILES string of the molecule is CCC=CCCCCCCC. The molecule has 0 heteroatoms. The van der Waals surface area contributed by atoms with Gasteiger partial charge in [0.25, 0.3) is 0 Å². The Kier molecular flexibility index (Phi) is 9.51. The molecule has 0 rings (SSSR count). The van der Waals surface area contributed by atoms with Gasteiger partial charge in [-0.1, -0.05) is 51.7 Å². The summed E-state index contributed by atoms with van der Waals surface area (Å²) >= 11 is 0. The quantitative estimate of drug-likeness (QED) is 0.378. The highest BCUT2D eigenvalue weighted by Crippen LogP contribution is 2.05. The summed E-state index contributed by atoms with van der Waals surface area (Å²) in [5.74, 6) is 0. The first kappa shape index (κ1) is 10.7. The van der Waals surface area contributed by atoms with Gasteiger partial charge in [0, 0.05) is 0 Å². The molecule has 0 heterocycles. The van der Waals surface area contributed by atoms with Crippen molar-refractivity contribution < 1.29 is 0 Å². The first-order valence-electron chi connectivity index (χ1n) is 5.06. The van der Waals surface area contributed by atoms with Crippen molar-refractivity contribution in [3.8, 4) is 0 Å².